The lowest BCUT2D eigenvalue weighted by atomic mass is 10.0. The van der Waals surface area contributed by atoms with Crippen molar-refractivity contribution in [1.29, 1.82) is 0 Å². The molecular weight excluding hydrogens is 345 g/mol. The van der Waals surface area contributed by atoms with Gasteiger partial charge in [0.25, 0.3) is 5.91 Å². The molecule has 2 aromatic rings. The number of carboxylic acids is 1. The molecule has 25 heavy (non-hydrogen) atoms. The summed E-state index contributed by atoms with van der Waals surface area (Å²) < 4.78 is 45.2. The molecule has 0 spiro atoms. The van der Waals surface area contributed by atoms with Crippen LogP contribution in [0.3, 0.4) is 0 Å². The smallest absolute Gasteiger partial charge is 0.481 e. The van der Waals surface area contributed by atoms with Crippen LogP contribution < -0.4 is 10.1 Å². The molecule has 0 bridgehead atoms. The minimum absolute atomic E-state index is 0.0765. The zero-order valence-electron chi connectivity index (χ0n) is 12.8. The van der Waals surface area contributed by atoms with E-state index >= 15 is 0 Å². The third-order valence-corrected chi connectivity index (χ3v) is 3.15. The number of aliphatic carboxylic acids is 1. The molecule has 10 heteroatoms. The Morgan fingerprint density at radius 1 is 1.32 bits per heavy atom. The summed E-state index contributed by atoms with van der Waals surface area (Å²) in [6, 6.07) is 3.56. The summed E-state index contributed by atoms with van der Waals surface area (Å²) in [6.45, 7) is 1.54. The first-order valence-electron chi connectivity index (χ1n) is 6.94. The molecule has 2 N–H and O–H groups in total. The lowest BCUT2D eigenvalue weighted by molar-refractivity contribution is -0.274. The van der Waals surface area contributed by atoms with Gasteiger partial charge < -0.3 is 19.6 Å². The lowest BCUT2D eigenvalue weighted by Crippen LogP contribution is -2.30. The van der Waals surface area contributed by atoms with Gasteiger partial charge in [-0.2, -0.15) is 0 Å². The predicted molar refractivity (Wildman–Crippen MR) is 76.8 cm³/mol. The van der Waals surface area contributed by atoms with Crippen molar-refractivity contribution in [2.75, 3.05) is 0 Å². The van der Waals surface area contributed by atoms with E-state index in [4.69, 9.17) is 9.52 Å². The van der Waals surface area contributed by atoms with Crippen LogP contribution in [0, 0.1) is 6.92 Å². The highest BCUT2D eigenvalue weighted by molar-refractivity contribution is 5.92. The average Bonchev–Trinajstić information content (AvgIpc) is 2.91. The van der Waals surface area contributed by atoms with Crippen molar-refractivity contribution >= 4 is 11.9 Å². The van der Waals surface area contributed by atoms with Crippen LogP contribution in [0.1, 0.15) is 34.3 Å². The Balaban J connectivity index is 2.18. The van der Waals surface area contributed by atoms with E-state index in [1.54, 1.807) is 0 Å². The Bertz CT molecular complexity index is 755. The number of carbonyl (C=O) groups is 2. The maximum Gasteiger partial charge on any atom is 0.573 e. The normalized spacial score (nSPS) is 12.5. The fourth-order valence-electron chi connectivity index (χ4n) is 2.07. The van der Waals surface area contributed by atoms with Gasteiger partial charge in [-0.05, 0) is 24.6 Å². The van der Waals surface area contributed by atoms with E-state index < -0.39 is 36.5 Å². The van der Waals surface area contributed by atoms with Crippen LogP contribution in [-0.2, 0) is 4.79 Å². The molecule has 0 aliphatic rings. The van der Waals surface area contributed by atoms with Crippen LogP contribution in [0.2, 0.25) is 0 Å². The number of aryl methyl sites for hydroxylation is 1. The third-order valence-electron chi connectivity index (χ3n) is 3.15. The summed E-state index contributed by atoms with van der Waals surface area (Å²) in [4.78, 5) is 26.9. The molecule has 134 valence electrons. The summed E-state index contributed by atoms with van der Waals surface area (Å²) in [5, 5.41) is 11.4. The van der Waals surface area contributed by atoms with Crippen molar-refractivity contribution in [3.05, 3.63) is 47.7 Å². The second-order valence-electron chi connectivity index (χ2n) is 5.01. The maximum atomic E-state index is 12.2. The molecule has 0 aliphatic carbocycles. The summed E-state index contributed by atoms with van der Waals surface area (Å²) in [5.74, 6) is -2.41. The molecule has 0 fully saturated rings. The minimum Gasteiger partial charge on any atom is -0.481 e. The number of hydrogen-bond acceptors (Lipinski definition) is 5. The van der Waals surface area contributed by atoms with Gasteiger partial charge in [0.2, 0.25) is 5.76 Å². The van der Waals surface area contributed by atoms with E-state index in [1.165, 1.54) is 19.1 Å². The monoisotopic (exact) mass is 358 g/mol. The van der Waals surface area contributed by atoms with E-state index in [0.717, 1.165) is 18.5 Å². The van der Waals surface area contributed by atoms with Crippen LogP contribution in [-0.4, -0.2) is 28.3 Å². The summed E-state index contributed by atoms with van der Waals surface area (Å²) in [5.41, 5.74) is 0.614. The van der Waals surface area contributed by atoms with Gasteiger partial charge in [0.1, 0.15) is 5.75 Å². The second-order valence-corrected chi connectivity index (χ2v) is 5.01. The van der Waals surface area contributed by atoms with Crippen LogP contribution in [0.25, 0.3) is 0 Å². The van der Waals surface area contributed by atoms with Gasteiger partial charge in [-0.1, -0.05) is 12.1 Å². The number of carboxylic acid groups (broad SMARTS) is 1. The highest BCUT2D eigenvalue weighted by atomic mass is 19.4. The van der Waals surface area contributed by atoms with Gasteiger partial charge >= 0.3 is 12.3 Å². The molecule has 1 amide bonds. The van der Waals surface area contributed by atoms with E-state index in [1.807, 2.05) is 0 Å². The van der Waals surface area contributed by atoms with Crippen molar-refractivity contribution in [3.63, 3.8) is 0 Å². The van der Waals surface area contributed by atoms with Gasteiger partial charge in [0.15, 0.2) is 6.39 Å². The van der Waals surface area contributed by atoms with Crippen molar-refractivity contribution in [3.8, 4) is 5.75 Å². The molecule has 1 heterocycles. The van der Waals surface area contributed by atoms with Gasteiger partial charge in [-0.25, -0.2) is 4.98 Å². The number of benzene rings is 1. The first-order valence-corrected chi connectivity index (χ1v) is 6.94. The Kier molecular flexibility index (Phi) is 5.30. The third kappa shape index (κ3) is 5.23. The molecule has 1 unspecified atom stereocenters. The molecule has 0 saturated carbocycles. The standard InChI is InChI=1S/C15H13F3N2O5/c1-8-13(24-7-19-8)14(23)20-11(6-12(21)22)9-2-4-10(5-3-9)25-15(16,17)18/h2-5,7,11H,6H2,1H3,(H,20,23)(H,21,22). The topological polar surface area (TPSA) is 102 Å². The molecule has 0 saturated heterocycles. The van der Waals surface area contributed by atoms with Crippen LogP contribution in [0.5, 0.6) is 5.75 Å². The average molecular weight is 358 g/mol. The Hall–Kier alpha value is -3.04. The lowest BCUT2D eigenvalue weighted by Gasteiger charge is -2.17. The van der Waals surface area contributed by atoms with Crippen molar-refractivity contribution in [2.24, 2.45) is 0 Å². The summed E-state index contributed by atoms with van der Waals surface area (Å²) in [7, 11) is 0. The van der Waals surface area contributed by atoms with Crippen molar-refractivity contribution in [1.82, 2.24) is 10.3 Å². The van der Waals surface area contributed by atoms with Crippen molar-refractivity contribution < 1.29 is 37.0 Å². The Morgan fingerprint density at radius 2 is 1.96 bits per heavy atom. The first-order chi connectivity index (χ1) is 11.7. The Labute approximate surface area is 139 Å². The predicted octanol–water partition coefficient (Wildman–Crippen LogP) is 2.83. The SMILES string of the molecule is Cc1ncoc1C(=O)NC(CC(=O)O)c1ccc(OC(F)(F)F)cc1. The molecule has 7 nitrogen and oxygen atoms in total. The van der Waals surface area contributed by atoms with E-state index in [0.29, 0.717) is 11.3 Å². The number of nitrogens with one attached hydrogen (secondary N) is 1. The van der Waals surface area contributed by atoms with Crippen LogP contribution in [0.4, 0.5) is 13.2 Å². The molecule has 0 aliphatic heterocycles. The zero-order valence-corrected chi connectivity index (χ0v) is 12.8. The number of halogens is 3. The highest BCUT2D eigenvalue weighted by Crippen LogP contribution is 2.25. The highest BCUT2D eigenvalue weighted by Gasteiger charge is 2.31. The molecule has 2 rings (SSSR count). The van der Waals surface area contributed by atoms with E-state index in [-0.39, 0.29) is 5.76 Å². The summed E-state index contributed by atoms with van der Waals surface area (Å²) in [6.07, 6.45) is -4.24. The van der Waals surface area contributed by atoms with Crippen molar-refractivity contribution in [2.45, 2.75) is 25.7 Å². The number of nitrogens with zero attached hydrogens (tertiary/aromatic N) is 1. The molecule has 1 aromatic heterocycles. The van der Waals surface area contributed by atoms with Crippen LogP contribution >= 0.6 is 0 Å². The first kappa shape index (κ1) is 18.3. The van der Waals surface area contributed by atoms with Gasteiger partial charge in [0, 0.05) is 0 Å². The van der Waals surface area contributed by atoms with Gasteiger partial charge in [-0.15, -0.1) is 13.2 Å². The van der Waals surface area contributed by atoms with Gasteiger partial charge in [-0.3, -0.25) is 9.59 Å². The van der Waals surface area contributed by atoms with Gasteiger partial charge in [0.05, 0.1) is 18.2 Å². The minimum atomic E-state index is -4.83. The number of carbonyl (C=O) groups excluding carboxylic acids is 1. The fraction of sp³-hybridized carbons (Fsp3) is 0.267. The van der Waals surface area contributed by atoms with Crippen LogP contribution in [0.15, 0.2) is 35.1 Å². The molecule has 1 aromatic carbocycles. The number of ether oxygens (including phenoxy) is 1. The molecule has 0 radical (unpaired) electrons. The number of aromatic nitrogens is 1. The second kappa shape index (κ2) is 7.24. The number of hydrogen-bond donors (Lipinski definition) is 2. The number of rotatable bonds is 6. The number of alkyl halides is 3. The largest absolute Gasteiger partial charge is 0.573 e. The Morgan fingerprint density at radius 3 is 2.44 bits per heavy atom. The zero-order chi connectivity index (χ0) is 18.6. The quantitative estimate of drug-likeness (QED) is 0.823. The van der Waals surface area contributed by atoms with E-state index in [2.05, 4.69) is 15.0 Å². The van der Waals surface area contributed by atoms with E-state index in [9.17, 15) is 22.8 Å². The maximum absolute atomic E-state index is 12.2. The number of amides is 1. The fourth-order valence-corrected chi connectivity index (χ4v) is 2.07. The summed E-state index contributed by atoms with van der Waals surface area (Å²) >= 11 is 0. The molecular formula is C15H13F3N2O5. The molecule has 1 atom stereocenters. The number of oxazole rings is 1.